The number of nitrogens with zero attached hydrogens (tertiary/aromatic N) is 4. The van der Waals surface area contributed by atoms with Crippen LogP contribution in [0.5, 0.6) is 0 Å². The molecule has 0 saturated carbocycles. The number of piperidine rings is 2. The third kappa shape index (κ3) is 7.39. The van der Waals surface area contributed by atoms with Crippen molar-refractivity contribution >= 4 is 35.0 Å². The van der Waals surface area contributed by atoms with Gasteiger partial charge in [-0.3, -0.25) is 14.5 Å². The molecule has 6 nitrogen and oxygen atoms in total. The van der Waals surface area contributed by atoms with E-state index < -0.39 is 17.2 Å². The molecule has 4 rings (SSSR count). The lowest BCUT2D eigenvalue weighted by atomic mass is 9.82. The fraction of sp³-hybridized carbons (Fsp3) is 0.548. The van der Waals surface area contributed by atoms with Gasteiger partial charge in [-0.25, -0.2) is 8.78 Å². The smallest absolute Gasteiger partial charge is 0.253 e. The predicted molar refractivity (Wildman–Crippen MR) is 160 cm³/mol. The summed E-state index contributed by atoms with van der Waals surface area (Å²) in [7, 11) is 5.36. The molecule has 2 saturated heterocycles. The van der Waals surface area contributed by atoms with Gasteiger partial charge in [0.1, 0.15) is 5.54 Å². The fourth-order valence-electron chi connectivity index (χ4n) is 6.28. The lowest BCUT2D eigenvalue weighted by Crippen LogP contribution is -2.64. The predicted octanol–water partition coefficient (Wildman–Crippen LogP) is 5.93. The van der Waals surface area contributed by atoms with Crippen molar-refractivity contribution in [2.45, 2.75) is 50.0 Å². The number of likely N-dealkylation sites (N-methyl/N-ethyl adjacent to an activating group) is 2. The molecule has 2 aliphatic heterocycles. The minimum absolute atomic E-state index is 0.0683. The molecule has 0 spiro atoms. The maximum Gasteiger partial charge on any atom is 0.253 e. The van der Waals surface area contributed by atoms with Crippen molar-refractivity contribution in [1.82, 2.24) is 19.6 Å². The summed E-state index contributed by atoms with van der Waals surface area (Å²) in [6.07, 6.45) is 5.80. The molecule has 224 valence electrons. The summed E-state index contributed by atoms with van der Waals surface area (Å²) < 4.78 is 27.2. The number of likely N-dealkylation sites (tertiary alicyclic amines) is 2. The summed E-state index contributed by atoms with van der Waals surface area (Å²) in [5.41, 5.74) is 0.599. The Hall–Kier alpha value is -2.26. The average molecular weight is 610 g/mol. The van der Waals surface area contributed by atoms with Gasteiger partial charge in [-0.05, 0) is 87.6 Å². The first-order valence-electron chi connectivity index (χ1n) is 14.4. The van der Waals surface area contributed by atoms with Crippen LogP contribution >= 0.6 is 23.2 Å². The minimum atomic E-state index is -1.05. The standard InChI is InChI=1S/C31H40Cl2F2N4O2/c1-36(2)30(41)31(39-14-5-4-6-15-39)12-17-38(18-13-31)16-11-24(22-7-9-25(32)26(33)19-22)21-37(3)29(40)23-8-10-27(34)28(35)20-23/h7-10,19-20,24H,4-6,11-18,21H2,1-3H3. The van der Waals surface area contributed by atoms with Crippen LogP contribution in [0.2, 0.25) is 10.0 Å². The lowest BCUT2D eigenvalue weighted by Gasteiger charge is -2.50. The Labute approximate surface area is 252 Å². The lowest BCUT2D eigenvalue weighted by molar-refractivity contribution is -0.147. The molecular weight excluding hydrogens is 569 g/mol. The van der Waals surface area contributed by atoms with Crippen molar-refractivity contribution in [3.05, 3.63) is 69.2 Å². The van der Waals surface area contributed by atoms with Gasteiger partial charge < -0.3 is 14.7 Å². The number of carbonyl (C=O) groups is 2. The Kier molecular flexibility index (Phi) is 10.7. The van der Waals surface area contributed by atoms with Crippen molar-refractivity contribution < 1.29 is 18.4 Å². The van der Waals surface area contributed by atoms with E-state index in [0.29, 0.717) is 16.6 Å². The van der Waals surface area contributed by atoms with Gasteiger partial charge in [-0.1, -0.05) is 35.7 Å². The van der Waals surface area contributed by atoms with E-state index >= 15 is 0 Å². The van der Waals surface area contributed by atoms with Crippen molar-refractivity contribution in [2.75, 3.05) is 60.4 Å². The van der Waals surface area contributed by atoms with Crippen LogP contribution in [0.15, 0.2) is 36.4 Å². The second kappa shape index (κ2) is 13.8. The van der Waals surface area contributed by atoms with Crippen LogP contribution in [-0.4, -0.2) is 97.4 Å². The summed E-state index contributed by atoms with van der Waals surface area (Å²) in [5.74, 6) is -2.30. The molecule has 0 aliphatic carbocycles. The summed E-state index contributed by atoms with van der Waals surface area (Å²) >= 11 is 12.5. The maximum absolute atomic E-state index is 13.8. The van der Waals surface area contributed by atoms with E-state index in [2.05, 4.69) is 9.80 Å². The number of hydrogen-bond acceptors (Lipinski definition) is 4. The number of hydrogen-bond donors (Lipinski definition) is 0. The first-order chi connectivity index (χ1) is 19.5. The van der Waals surface area contributed by atoms with E-state index in [-0.39, 0.29) is 23.3 Å². The Balaban J connectivity index is 1.46. The topological polar surface area (TPSA) is 47.1 Å². The van der Waals surface area contributed by atoms with Crippen LogP contribution in [0.4, 0.5) is 8.78 Å². The third-order valence-electron chi connectivity index (χ3n) is 8.67. The largest absolute Gasteiger partial charge is 0.347 e. The highest BCUT2D eigenvalue weighted by Gasteiger charge is 2.47. The van der Waals surface area contributed by atoms with E-state index in [9.17, 15) is 18.4 Å². The second-order valence-electron chi connectivity index (χ2n) is 11.6. The summed E-state index contributed by atoms with van der Waals surface area (Å²) in [4.78, 5) is 34.6. The fourth-order valence-corrected chi connectivity index (χ4v) is 6.59. The van der Waals surface area contributed by atoms with Gasteiger partial charge in [0.05, 0.1) is 10.0 Å². The van der Waals surface area contributed by atoms with E-state index in [4.69, 9.17) is 23.2 Å². The van der Waals surface area contributed by atoms with E-state index in [1.807, 2.05) is 26.2 Å². The van der Waals surface area contributed by atoms with Crippen LogP contribution in [0.3, 0.4) is 0 Å². The van der Waals surface area contributed by atoms with Crippen LogP contribution in [0.1, 0.15) is 60.4 Å². The molecule has 0 N–H and O–H groups in total. The Bertz CT molecular complexity index is 1230. The van der Waals surface area contributed by atoms with Crippen molar-refractivity contribution in [2.24, 2.45) is 0 Å². The van der Waals surface area contributed by atoms with Crippen LogP contribution in [0, 0.1) is 11.6 Å². The van der Waals surface area contributed by atoms with Gasteiger partial charge in [0.2, 0.25) is 5.91 Å². The number of carbonyl (C=O) groups excluding carboxylic acids is 2. The zero-order valence-corrected chi connectivity index (χ0v) is 25.7. The summed E-state index contributed by atoms with van der Waals surface area (Å²) in [6, 6.07) is 8.70. The van der Waals surface area contributed by atoms with Gasteiger partial charge in [0.25, 0.3) is 5.91 Å². The molecular formula is C31H40Cl2F2N4O2. The molecule has 0 bridgehead atoms. The van der Waals surface area contributed by atoms with Gasteiger partial charge in [0, 0.05) is 52.3 Å². The third-order valence-corrected chi connectivity index (χ3v) is 9.40. The summed E-state index contributed by atoms with van der Waals surface area (Å²) in [6.45, 7) is 4.71. The monoisotopic (exact) mass is 608 g/mol. The molecule has 41 heavy (non-hydrogen) atoms. The highest BCUT2D eigenvalue weighted by molar-refractivity contribution is 6.42. The minimum Gasteiger partial charge on any atom is -0.347 e. The van der Waals surface area contributed by atoms with E-state index in [1.54, 1.807) is 18.0 Å². The first-order valence-corrected chi connectivity index (χ1v) is 15.1. The van der Waals surface area contributed by atoms with Gasteiger partial charge in [-0.2, -0.15) is 0 Å². The zero-order valence-electron chi connectivity index (χ0n) is 24.1. The van der Waals surface area contributed by atoms with Crippen molar-refractivity contribution in [3.63, 3.8) is 0 Å². The number of halogens is 4. The Morgan fingerprint density at radius 2 is 1.59 bits per heavy atom. The SMILES string of the molecule is CN(C)C(=O)C1(N2CCCCC2)CCN(CCC(CN(C)C(=O)c2ccc(F)c(F)c2)c2ccc(Cl)c(Cl)c2)CC1. The maximum atomic E-state index is 13.8. The second-order valence-corrected chi connectivity index (χ2v) is 12.4. The van der Waals surface area contributed by atoms with Crippen molar-refractivity contribution in [1.29, 1.82) is 0 Å². The number of amides is 2. The molecule has 10 heteroatoms. The quantitative estimate of drug-likeness (QED) is 0.354. The molecule has 1 atom stereocenters. The molecule has 2 aromatic carbocycles. The zero-order chi connectivity index (χ0) is 29.7. The van der Waals surface area contributed by atoms with Crippen LogP contribution < -0.4 is 0 Å². The molecule has 2 aliphatic rings. The highest BCUT2D eigenvalue weighted by Crippen LogP contribution is 2.34. The molecule has 2 fully saturated rings. The van der Waals surface area contributed by atoms with Gasteiger partial charge in [0.15, 0.2) is 11.6 Å². The number of rotatable bonds is 9. The molecule has 0 aromatic heterocycles. The molecule has 2 amide bonds. The Morgan fingerprint density at radius 1 is 0.902 bits per heavy atom. The van der Waals surface area contributed by atoms with E-state index in [1.165, 1.54) is 17.4 Å². The molecule has 2 aromatic rings. The first kappa shape index (κ1) is 31.7. The summed E-state index contributed by atoms with van der Waals surface area (Å²) in [5, 5.41) is 0.895. The molecule has 1 unspecified atom stereocenters. The van der Waals surface area contributed by atoms with Gasteiger partial charge in [-0.15, -0.1) is 0 Å². The highest BCUT2D eigenvalue weighted by atomic mass is 35.5. The van der Waals surface area contributed by atoms with Crippen LogP contribution in [-0.2, 0) is 4.79 Å². The van der Waals surface area contributed by atoms with Crippen molar-refractivity contribution in [3.8, 4) is 0 Å². The molecule has 0 radical (unpaired) electrons. The van der Waals surface area contributed by atoms with E-state index in [0.717, 1.165) is 82.5 Å². The average Bonchev–Trinajstić information content (AvgIpc) is 2.98. The number of benzene rings is 2. The normalized spacial score (nSPS) is 18.6. The van der Waals surface area contributed by atoms with Gasteiger partial charge >= 0.3 is 0 Å². The van der Waals surface area contributed by atoms with Crippen LogP contribution in [0.25, 0.3) is 0 Å². The Morgan fingerprint density at radius 3 is 2.20 bits per heavy atom. The molecule has 2 heterocycles.